The van der Waals surface area contributed by atoms with Gasteiger partial charge in [-0.2, -0.15) is 18.6 Å². The van der Waals surface area contributed by atoms with Crippen LogP contribution < -0.4 is 4.90 Å². The molecule has 0 spiro atoms. The van der Waals surface area contributed by atoms with Crippen LogP contribution in [0.4, 0.5) is 17.1 Å². The van der Waals surface area contributed by atoms with Gasteiger partial charge < -0.3 is 9.42 Å². The fourth-order valence-electron chi connectivity index (χ4n) is 3.00. The van der Waals surface area contributed by atoms with Crippen molar-refractivity contribution >= 4 is 35.7 Å². The smallest absolute Gasteiger partial charge is 0.299 e. The SMILES string of the molecule is COP(OCOS(=O)(=O)c1ccc(N=Nc2ccc(N(C)C)cc2)cc1)N(C(C)C)C(C)C. The van der Waals surface area contributed by atoms with E-state index in [0.717, 1.165) is 5.69 Å². The van der Waals surface area contributed by atoms with Crippen LogP contribution in [0.15, 0.2) is 63.7 Å². The summed E-state index contributed by atoms with van der Waals surface area (Å²) in [7, 11) is 0.0159. The molecule has 0 saturated carbocycles. The molecule has 0 bridgehead atoms. The zero-order valence-corrected chi connectivity index (χ0v) is 21.9. The summed E-state index contributed by atoms with van der Waals surface area (Å²) in [4.78, 5) is 2.00. The van der Waals surface area contributed by atoms with Crippen molar-refractivity contribution in [3.63, 3.8) is 0 Å². The van der Waals surface area contributed by atoms with Crippen molar-refractivity contribution < 1.29 is 21.6 Å². The van der Waals surface area contributed by atoms with E-state index < -0.39 is 25.4 Å². The van der Waals surface area contributed by atoms with Crippen molar-refractivity contribution in [2.45, 2.75) is 44.7 Å². The molecule has 0 aliphatic rings. The summed E-state index contributed by atoms with van der Waals surface area (Å²) in [6, 6.07) is 13.9. The Labute approximate surface area is 198 Å². The van der Waals surface area contributed by atoms with E-state index in [1.54, 1.807) is 12.1 Å². The molecule has 182 valence electrons. The van der Waals surface area contributed by atoms with E-state index in [0.29, 0.717) is 11.4 Å². The third-order valence-corrected chi connectivity index (χ3v) is 7.74. The van der Waals surface area contributed by atoms with Crippen molar-refractivity contribution in [1.82, 2.24) is 4.67 Å². The maximum Gasteiger partial charge on any atom is 0.299 e. The molecule has 1 atom stereocenters. The molecular formula is C22H33N4O5PS. The molecule has 2 aromatic carbocycles. The van der Waals surface area contributed by atoms with Crippen LogP contribution in [0.5, 0.6) is 0 Å². The van der Waals surface area contributed by atoms with Gasteiger partial charge in [-0.15, -0.1) is 0 Å². The molecule has 0 aliphatic heterocycles. The Bertz CT molecular complexity index is 988. The molecule has 2 rings (SSSR count). The third kappa shape index (κ3) is 8.10. The molecule has 0 radical (unpaired) electrons. The molecule has 0 N–H and O–H groups in total. The number of hydrogen-bond donors (Lipinski definition) is 0. The molecular weight excluding hydrogens is 463 g/mol. The Morgan fingerprint density at radius 3 is 1.79 bits per heavy atom. The maximum atomic E-state index is 12.5. The van der Waals surface area contributed by atoms with Crippen LogP contribution in [0.25, 0.3) is 0 Å². The summed E-state index contributed by atoms with van der Waals surface area (Å²) in [5.41, 5.74) is 2.28. The normalized spacial score (nSPS) is 13.4. The summed E-state index contributed by atoms with van der Waals surface area (Å²) in [5, 5.41) is 8.34. The third-order valence-electron chi connectivity index (χ3n) is 4.54. The van der Waals surface area contributed by atoms with Crippen molar-refractivity contribution in [2.24, 2.45) is 10.2 Å². The largest absolute Gasteiger partial charge is 0.378 e. The number of rotatable bonds is 12. The predicted octanol–water partition coefficient (Wildman–Crippen LogP) is 5.84. The fraction of sp³-hybridized carbons (Fsp3) is 0.455. The van der Waals surface area contributed by atoms with E-state index in [1.165, 1.54) is 19.2 Å². The van der Waals surface area contributed by atoms with E-state index in [1.807, 2.05) is 75.6 Å². The monoisotopic (exact) mass is 496 g/mol. The zero-order chi connectivity index (χ0) is 24.6. The van der Waals surface area contributed by atoms with Crippen LogP contribution in [0.3, 0.4) is 0 Å². The number of azo groups is 1. The van der Waals surface area contributed by atoms with Gasteiger partial charge in [0.1, 0.15) is 0 Å². The molecule has 9 nitrogen and oxygen atoms in total. The second-order valence-electron chi connectivity index (χ2n) is 7.91. The lowest BCUT2D eigenvalue weighted by Gasteiger charge is -2.34. The van der Waals surface area contributed by atoms with Crippen LogP contribution in [-0.2, 0) is 23.3 Å². The van der Waals surface area contributed by atoms with Crippen molar-refractivity contribution in [1.29, 1.82) is 0 Å². The van der Waals surface area contributed by atoms with E-state index in [9.17, 15) is 8.42 Å². The number of hydrogen-bond acceptors (Lipinski definition) is 9. The molecule has 0 fully saturated rings. The van der Waals surface area contributed by atoms with Crippen LogP contribution in [0, 0.1) is 0 Å². The van der Waals surface area contributed by atoms with Crippen LogP contribution >= 0.6 is 8.53 Å². The highest BCUT2D eigenvalue weighted by Gasteiger charge is 2.27. The van der Waals surface area contributed by atoms with Crippen LogP contribution in [0.2, 0.25) is 0 Å². The standard InChI is InChI=1S/C22H33N4O5PS/c1-17(2)26(18(3)4)32(29-7)30-16-31-33(27,28)22-14-10-20(11-15-22)24-23-19-8-12-21(13-9-19)25(5)6/h8-15,17-18H,16H2,1-7H3. The summed E-state index contributed by atoms with van der Waals surface area (Å²) in [6.45, 7) is 7.64. The first-order chi connectivity index (χ1) is 15.5. The molecule has 0 saturated heterocycles. The van der Waals surface area contributed by atoms with E-state index in [2.05, 4.69) is 10.2 Å². The number of nitrogens with zero attached hydrogens (tertiary/aromatic N) is 4. The Hall–Kier alpha value is -1.94. The summed E-state index contributed by atoms with van der Waals surface area (Å²) in [6.07, 6.45) is 0. The molecule has 0 amide bonds. The van der Waals surface area contributed by atoms with Gasteiger partial charge in [0, 0.05) is 39.0 Å². The average Bonchev–Trinajstić information content (AvgIpc) is 2.76. The Morgan fingerprint density at radius 2 is 1.36 bits per heavy atom. The lowest BCUT2D eigenvalue weighted by atomic mass is 10.3. The van der Waals surface area contributed by atoms with Crippen LogP contribution in [0.1, 0.15) is 27.7 Å². The minimum Gasteiger partial charge on any atom is -0.378 e. The minimum absolute atomic E-state index is 0.00621. The topological polar surface area (TPSA) is 93.0 Å². The quantitative estimate of drug-likeness (QED) is 0.158. The highest BCUT2D eigenvalue weighted by Crippen LogP contribution is 2.45. The lowest BCUT2D eigenvalue weighted by molar-refractivity contribution is 0.0986. The zero-order valence-electron chi connectivity index (χ0n) is 20.2. The number of anilines is 1. The highest BCUT2D eigenvalue weighted by molar-refractivity contribution is 7.86. The molecule has 2 aromatic rings. The lowest BCUT2D eigenvalue weighted by Crippen LogP contribution is -2.33. The average molecular weight is 497 g/mol. The van der Waals surface area contributed by atoms with Gasteiger partial charge in [0.05, 0.1) is 16.3 Å². The second kappa shape index (κ2) is 12.5. The van der Waals surface area contributed by atoms with Crippen molar-refractivity contribution in [2.75, 3.05) is 32.9 Å². The summed E-state index contributed by atoms with van der Waals surface area (Å²) in [5.74, 6) is 0. The first-order valence-electron chi connectivity index (χ1n) is 10.5. The van der Waals surface area contributed by atoms with Gasteiger partial charge in [0.25, 0.3) is 18.6 Å². The fourth-order valence-corrected chi connectivity index (χ4v) is 5.17. The van der Waals surface area contributed by atoms with E-state index in [-0.39, 0.29) is 17.0 Å². The predicted molar refractivity (Wildman–Crippen MR) is 132 cm³/mol. The maximum absolute atomic E-state index is 12.5. The number of benzene rings is 2. The van der Waals surface area contributed by atoms with E-state index in [4.69, 9.17) is 13.2 Å². The van der Waals surface area contributed by atoms with E-state index >= 15 is 0 Å². The van der Waals surface area contributed by atoms with Crippen molar-refractivity contribution in [3.05, 3.63) is 48.5 Å². The molecule has 33 heavy (non-hydrogen) atoms. The van der Waals surface area contributed by atoms with Gasteiger partial charge in [-0.05, 0) is 76.2 Å². The van der Waals surface area contributed by atoms with Gasteiger partial charge >= 0.3 is 0 Å². The van der Waals surface area contributed by atoms with Crippen LogP contribution in [-0.4, -0.2) is 53.2 Å². The second-order valence-corrected chi connectivity index (χ2v) is 11.1. The van der Waals surface area contributed by atoms with Crippen molar-refractivity contribution in [3.8, 4) is 0 Å². The Balaban J connectivity index is 1.98. The first kappa shape index (κ1) is 27.3. The van der Waals surface area contributed by atoms with Gasteiger partial charge in [-0.3, -0.25) is 4.52 Å². The highest BCUT2D eigenvalue weighted by atomic mass is 32.2. The van der Waals surface area contributed by atoms with Gasteiger partial charge in [0.2, 0.25) is 0 Å². The summed E-state index contributed by atoms with van der Waals surface area (Å²) >= 11 is 0. The van der Waals surface area contributed by atoms with Gasteiger partial charge in [0.15, 0.2) is 6.79 Å². The molecule has 0 aromatic heterocycles. The Kier molecular flexibility index (Phi) is 10.3. The summed E-state index contributed by atoms with van der Waals surface area (Å²) < 4.78 is 43.1. The first-order valence-corrected chi connectivity index (χ1v) is 13.0. The van der Waals surface area contributed by atoms with Gasteiger partial charge in [-0.1, -0.05) is 0 Å². The molecule has 0 heterocycles. The molecule has 11 heteroatoms. The molecule has 1 unspecified atom stereocenters. The minimum atomic E-state index is -3.99. The van der Waals surface area contributed by atoms with Gasteiger partial charge in [-0.25, -0.2) is 8.85 Å². The molecule has 0 aliphatic carbocycles. The Morgan fingerprint density at radius 1 is 0.879 bits per heavy atom.